The minimum Gasteiger partial charge on any atom is -0.356 e. The molecule has 1 unspecified atom stereocenters. The van der Waals surface area contributed by atoms with Gasteiger partial charge in [0.2, 0.25) is 5.91 Å². The van der Waals surface area contributed by atoms with E-state index in [4.69, 9.17) is 0 Å². The predicted octanol–water partition coefficient (Wildman–Crippen LogP) is 14.3. The molecular weight excluding hydrogens is 639 g/mol. The highest BCUT2D eigenvalue weighted by molar-refractivity contribution is 5.86. The van der Waals surface area contributed by atoms with Gasteiger partial charge in [-0.3, -0.25) is 14.4 Å². The summed E-state index contributed by atoms with van der Waals surface area (Å²) >= 11 is 0. The van der Waals surface area contributed by atoms with Gasteiger partial charge in [0.25, 0.3) is 0 Å². The van der Waals surface area contributed by atoms with E-state index in [9.17, 15) is 14.4 Å². The topological polar surface area (TPSA) is 63.2 Å². The van der Waals surface area contributed by atoms with Crippen LogP contribution >= 0.6 is 0 Å². The molecule has 0 heterocycles. The lowest BCUT2D eigenvalue weighted by Crippen LogP contribution is -2.32. The molecule has 0 aliphatic heterocycles. The second-order valence-electron chi connectivity index (χ2n) is 18.5. The summed E-state index contributed by atoms with van der Waals surface area (Å²) in [5.41, 5.74) is 7.52. The van der Waals surface area contributed by atoms with Gasteiger partial charge >= 0.3 is 0 Å². The average Bonchev–Trinajstić information content (AvgIpc) is 3.08. The lowest BCUT2D eigenvalue weighted by atomic mass is 9.71. The third kappa shape index (κ3) is 19.1. The first kappa shape index (κ1) is 46.4. The summed E-state index contributed by atoms with van der Waals surface area (Å²) < 4.78 is 0. The van der Waals surface area contributed by atoms with Crippen molar-refractivity contribution in [3.63, 3.8) is 0 Å². The number of ketones is 2. The molecule has 2 aliphatic rings. The fourth-order valence-corrected chi connectivity index (χ4v) is 9.37. The fraction of sp³-hybridized carbons (Fsp3) is 0.854. The minimum absolute atomic E-state index is 0.0504. The smallest absolute Gasteiger partial charge is 0.223 e. The van der Waals surface area contributed by atoms with Crippen molar-refractivity contribution in [1.82, 2.24) is 5.32 Å². The molecule has 0 bridgehead atoms. The summed E-state index contributed by atoms with van der Waals surface area (Å²) in [6, 6.07) is 0. The zero-order chi connectivity index (χ0) is 38.2. The Bertz CT molecular complexity index is 1110. The molecule has 1 N–H and O–H groups in total. The molecule has 4 nitrogen and oxygen atoms in total. The number of hydrogen-bond acceptors (Lipinski definition) is 3. The number of carbonyl (C=O) groups excluding carboxylic acids is 3. The maximum absolute atomic E-state index is 13.0. The van der Waals surface area contributed by atoms with Crippen molar-refractivity contribution in [2.75, 3.05) is 6.54 Å². The van der Waals surface area contributed by atoms with E-state index in [1.165, 1.54) is 109 Å². The highest BCUT2D eigenvalue weighted by atomic mass is 16.2. The van der Waals surface area contributed by atoms with Crippen LogP contribution in [0.4, 0.5) is 0 Å². The zero-order valence-electron chi connectivity index (χ0n) is 35.7. The third-order valence-corrected chi connectivity index (χ3v) is 12.8. The molecule has 0 aromatic carbocycles. The molecule has 0 fully saturated rings. The molecule has 0 aromatic rings. The Hall–Kier alpha value is -1.71. The maximum atomic E-state index is 13.0. The molecule has 52 heavy (non-hydrogen) atoms. The third-order valence-electron chi connectivity index (χ3n) is 12.8. The molecule has 0 radical (unpaired) electrons. The van der Waals surface area contributed by atoms with Crippen molar-refractivity contribution in [2.24, 2.45) is 16.7 Å². The predicted molar refractivity (Wildman–Crippen MR) is 224 cm³/mol. The molecular formula is C48H85NO3. The summed E-state index contributed by atoms with van der Waals surface area (Å²) in [5.74, 6) is 0.464. The largest absolute Gasteiger partial charge is 0.356 e. The van der Waals surface area contributed by atoms with Gasteiger partial charge in [-0.15, -0.1) is 0 Å². The Morgan fingerprint density at radius 1 is 0.577 bits per heavy atom. The Morgan fingerprint density at radius 2 is 1.00 bits per heavy atom. The van der Waals surface area contributed by atoms with Gasteiger partial charge in [0, 0.05) is 38.1 Å². The quantitative estimate of drug-likeness (QED) is 0.0593. The average molecular weight is 724 g/mol. The van der Waals surface area contributed by atoms with Gasteiger partial charge < -0.3 is 5.32 Å². The van der Waals surface area contributed by atoms with Gasteiger partial charge in [0.1, 0.15) is 11.6 Å². The maximum Gasteiger partial charge on any atom is 0.223 e. The van der Waals surface area contributed by atoms with Crippen LogP contribution in [0.15, 0.2) is 22.3 Å². The number of Topliss-reactive ketones (excluding diaryl/α,β-unsaturated/α-hetero) is 2. The summed E-state index contributed by atoms with van der Waals surface area (Å²) in [6.45, 7) is 17.2. The molecule has 2 rings (SSSR count). The molecule has 0 spiro atoms. The molecule has 4 heteroatoms. The number of nitrogens with one attached hydrogen (secondary N) is 1. The molecule has 1 atom stereocenters. The van der Waals surface area contributed by atoms with Crippen LogP contribution in [-0.2, 0) is 14.4 Å². The Morgan fingerprint density at radius 3 is 1.46 bits per heavy atom. The SMILES string of the molecule is CCCCNC(=O)C(CCCCCC(=O)CCCCCCCCC1=C(C)CCCC1(C)C)CC(=O)CCCCCCCCC1=C(C)CCCC1(C)C. The van der Waals surface area contributed by atoms with E-state index in [2.05, 4.69) is 53.8 Å². The van der Waals surface area contributed by atoms with Crippen LogP contribution < -0.4 is 5.32 Å². The van der Waals surface area contributed by atoms with Gasteiger partial charge in [-0.25, -0.2) is 0 Å². The normalized spacial score (nSPS) is 17.8. The van der Waals surface area contributed by atoms with Crippen LogP contribution in [0.1, 0.15) is 241 Å². The van der Waals surface area contributed by atoms with Crippen molar-refractivity contribution in [3.05, 3.63) is 22.3 Å². The second-order valence-corrected chi connectivity index (χ2v) is 18.5. The van der Waals surface area contributed by atoms with E-state index < -0.39 is 0 Å². The van der Waals surface area contributed by atoms with E-state index in [1.807, 2.05) is 0 Å². The monoisotopic (exact) mass is 724 g/mol. The second kappa shape index (κ2) is 26.2. The van der Waals surface area contributed by atoms with Gasteiger partial charge in [-0.1, -0.05) is 128 Å². The van der Waals surface area contributed by atoms with Crippen molar-refractivity contribution in [3.8, 4) is 0 Å². The highest BCUT2D eigenvalue weighted by Crippen LogP contribution is 2.43. The number of hydrogen-bond donors (Lipinski definition) is 1. The van der Waals surface area contributed by atoms with Crippen LogP contribution in [0.25, 0.3) is 0 Å². The summed E-state index contributed by atoms with van der Waals surface area (Å²) in [4.78, 5) is 38.5. The van der Waals surface area contributed by atoms with Gasteiger partial charge in [0.05, 0.1) is 0 Å². The van der Waals surface area contributed by atoms with E-state index in [0.717, 1.165) is 57.8 Å². The zero-order valence-corrected chi connectivity index (χ0v) is 35.7. The van der Waals surface area contributed by atoms with Gasteiger partial charge in [0.15, 0.2) is 0 Å². The number of unbranched alkanes of at least 4 members (excludes halogenated alkanes) is 13. The van der Waals surface area contributed by atoms with Crippen molar-refractivity contribution in [1.29, 1.82) is 0 Å². The van der Waals surface area contributed by atoms with Crippen LogP contribution in [-0.4, -0.2) is 24.0 Å². The first-order valence-electron chi connectivity index (χ1n) is 22.6. The summed E-state index contributed by atoms with van der Waals surface area (Å²) in [5, 5.41) is 3.09. The first-order valence-corrected chi connectivity index (χ1v) is 22.6. The summed E-state index contributed by atoms with van der Waals surface area (Å²) in [7, 11) is 0. The molecule has 0 saturated heterocycles. The molecule has 0 saturated carbocycles. The Kier molecular flexibility index (Phi) is 23.4. The van der Waals surface area contributed by atoms with Crippen molar-refractivity contribution in [2.45, 2.75) is 241 Å². The lowest BCUT2D eigenvalue weighted by Gasteiger charge is -2.34. The summed E-state index contributed by atoms with van der Waals surface area (Å²) in [6.07, 6.45) is 32.8. The minimum atomic E-state index is -0.225. The van der Waals surface area contributed by atoms with Gasteiger partial charge in [-0.2, -0.15) is 0 Å². The Labute approximate surface area is 323 Å². The number of amides is 1. The first-order chi connectivity index (χ1) is 24.9. The van der Waals surface area contributed by atoms with Gasteiger partial charge in [-0.05, 0) is 121 Å². The van der Waals surface area contributed by atoms with Crippen molar-refractivity contribution >= 4 is 17.5 Å². The van der Waals surface area contributed by atoms with Crippen molar-refractivity contribution < 1.29 is 14.4 Å². The van der Waals surface area contributed by atoms with Crippen LogP contribution in [0.5, 0.6) is 0 Å². The van der Waals surface area contributed by atoms with E-state index in [-0.39, 0.29) is 17.6 Å². The fourth-order valence-electron chi connectivity index (χ4n) is 9.37. The number of rotatable bonds is 30. The molecule has 0 aromatic heterocycles. The van der Waals surface area contributed by atoms with E-state index in [1.54, 1.807) is 22.3 Å². The highest BCUT2D eigenvalue weighted by Gasteiger charge is 2.28. The van der Waals surface area contributed by atoms with E-state index in [0.29, 0.717) is 48.8 Å². The van der Waals surface area contributed by atoms with Crippen LogP contribution in [0.2, 0.25) is 0 Å². The lowest BCUT2D eigenvalue weighted by molar-refractivity contribution is -0.129. The Balaban J connectivity index is 1.54. The standard InChI is InChI=1S/C48H85NO3/c1-8-9-37-49-46(52)41(38-43(51)32-21-15-11-13-17-24-34-45-40(3)28-26-36-48(45,6)7)29-19-18-22-31-42(50)30-20-14-10-12-16-23-33-44-39(2)27-25-35-47(44,4)5/h41H,8-38H2,1-7H3,(H,49,52). The molecule has 300 valence electrons. The number of allylic oxidation sites excluding steroid dienone is 4. The molecule has 2 aliphatic carbocycles. The van der Waals surface area contributed by atoms with Crippen LogP contribution in [0, 0.1) is 16.7 Å². The van der Waals surface area contributed by atoms with Crippen LogP contribution in [0.3, 0.4) is 0 Å². The van der Waals surface area contributed by atoms with E-state index >= 15 is 0 Å². The number of carbonyl (C=O) groups is 3. The molecule has 1 amide bonds.